The summed E-state index contributed by atoms with van der Waals surface area (Å²) in [6.07, 6.45) is 2.13. The first-order chi connectivity index (χ1) is 27.4. The second kappa shape index (κ2) is 22.4. The summed E-state index contributed by atoms with van der Waals surface area (Å²) in [6.45, 7) is 3.86. The highest BCUT2D eigenvalue weighted by Gasteiger charge is 2.38. The number of nitrogens with zero attached hydrogens (tertiary/aromatic N) is 1. The van der Waals surface area contributed by atoms with Gasteiger partial charge in [-0.05, 0) is 60.4 Å². The number of rotatable bonds is 22. The molecule has 5 aromatic carbocycles. The van der Waals surface area contributed by atoms with Crippen LogP contribution in [-0.2, 0) is 37.3 Å². The molecule has 2 N–H and O–H groups in total. The second-order valence-electron chi connectivity index (χ2n) is 13.6. The largest absolute Gasteiger partial charge is 0.445 e. The molecule has 2 amide bonds. The Hall–Kier alpha value is -5.21. The van der Waals surface area contributed by atoms with Crippen molar-refractivity contribution in [3.8, 4) is 0 Å². The SMILES string of the molecule is CCOP(=O)(CCCCN(CCCCNC(=O)OCc1ccccc1)C(=O)OCc1ccccc1)CNC(c1ccccc1)(c1ccccc1)c1ccccc1. The van der Waals surface area contributed by atoms with E-state index in [0.29, 0.717) is 58.1 Å². The third kappa shape index (κ3) is 12.7. The zero-order valence-corrected chi connectivity index (χ0v) is 33.2. The van der Waals surface area contributed by atoms with E-state index in [1.807, 2.05) is 122 Å². The molecule has 0 aliphatic rings. The quantitative estimate of drug-likeness (QED) is 0.0410. The first-order valence-electron chi connectivity index (χ1n) is 19.5. The Labute approximate surface area is 331 Å². The fraction of sp³-hybridized carbons (Fsp3) is 0.304. The molecule has 0 aliphatic carbocycles. The lowest BCUT2D eigenvalue weighted by Gasteiger charge is -2.38. The zero-order valence-electron chi connectivity index (χ0n) is 32.3. The maximum Gasteiger partial charge on any atom is 0.410 e. The van der Waals surface area contributed by atoms with E-state index < -0.39 is 25.1 Å². The van der Waals surface area contributed by atoms with Crippen LogP contribution in [-0.4, -0.2) is 55.8 Å². The molecule has 0 aromatic heterocycles. The van der Waals surface area contributed by atoms with Crippen LogP contribution in [0.25, 0.3) is 0 Å². The number of carbonyl (C=O) groups excluding carboxylic acids is 2. The topological polar surface area (TPSA) is 106 Å². The molecule has 56 heavy (non-hydrogen) atoms. The molecule has 9 nitrogen and oxygen atoms in total. The van der Waals surface area contributed by atoms with E-state index in [1.165, 1.54) is 0 Å². The number of unbranched alkanes of at least 4 members (excludes halogenated alkanes) is 2. The standard InChI is InChI=1S/C46H54N3O6P/c1-2-55-56(52,38-48-46(41-26-12-5-13-27-41,42-28-14-6-15-29-42)43-30-16-7-17-31-43)35-21-20-34-49(45(51)54-37-40-24-10-4-11-25-40)33-19-18-32-47-44(50)53-36-39-22-8-3-9-23-39/h3-17,22-31,48H,2,18-21,32-38H2,1H3,(H,47,50). The normalized spacial score (nSPS) is 12.3. The Balaban J connectivity index is 1.20. The summed E-state index contributed by atoms with van der Waals surface area (Å²) in [5.41, 5.74) is 4.14. The summed E-state index contributed by atoms with van der Waals surface area (Å²) >= 11 is 0. The van der Waals surface area contributed by atoms with Crippen LogP contribution in [0.3, 0.4) is 0 Å². The Kier molecular flexibility index (Phi) is 16.8. The Bertz CT molecular complexity index is 1820. The highest BCUT2D eigenvalue weighted by molar-refractivity contribution is 7.58. The van der Waals surface area contributed by atoms with Gasteiger partial charge in [0, 0.05) is 25.8 Å². The molecule has 0 saturated carbocycles. The highest BCUT2D eigenvalue weighted by Crippen LogP contribution is 2.48. The maximum atomic E-state index is 14.6. The number of nitrogens with one attached hydrogen (secondary N) is 2. The Morgan fingerprint density at radius 2 is 1.05 bits per heavy atom. The third-order valence-corrected chi connectivity index (χ3v) is 11.9. The van der Waals surface area contributed by atoms with E-state index in [0.717, 1.165) is 27.8 Å². The lowest BCUT2D eigenvalue weighted by Crippen LogP contribution is -2.45. The number of alkyl carbamates (subject to hydrolysis) is 1. The van der Waals surface area contributed by atoms with Crippen LogP contribution < -0.4 is 10.6 Å². The number of ether oxygens (including phenoxy) is 2. The molecule has 0 saturated heterocycles. The molecule has 0 fully saturated rings. The molecule has 5 aromatic rings. The fourth-order valence-electron chi connectivity index (χ4n) is 6.69. The molecule has 0 aliphatic heterocycles. The van der Waals surface area contributed by atoms with Crippen molar-refractivity contribution in [3.05, 3.63) is 179 Å². The van der Waals surface area contributed by atoms with Gasteiger partial charge < -0.3 is 24.2 Å². The summed E-state index contributed by atoms with van der Waals surface area (Å²) in [5, 5.41) is 6.55. The summed E-state index contributed by atoms with van der Waals surface area (Å²) in [5.74, 6) is 0. The van der Waals surface area contributed by atoms with Crippen LogP contribution >= 0.6 is 7.37 Å². The molecule has 0 radical (unpaired) electrons. The minimum absolute atomic E-state index is 0.156. The molecule has 0 spiro atoms. The van der Waals surface area contributed by atoms with Crippen molar-refractivity contribution < 1.29 is 28.2 Å². The molecular formula is C46H54N3O6P. The molecule has 5 rings (SSSR count). The molecule has 1 atom stereocenters. The average Bonchev–Trinajstić information content (AvgIpc) is 3.25. The van der Waals surface area contributed by atoms with E-state index >= 15 is 0 Å². The first-order valence-corrected chi connectivity index (χ1v) is 21.5. The van der Waals surface area contributed by atoms with Crippen molar-refractivity contribution in [1.29, 1.82) is 0 Å². The van der Waals surface area contributed by atoms with Crippen LogP contribution in [0.4, 0.5) is 9.59 Å². The van der Waals surface area contributed by atoms with E-state index in [2.05, 4.69) is 47.0 Å². The monoisotopic (exact) mass is 775 g/mol. The van der Waals surface area contributed by atoms with Crippen molar-refractivity contribution in [2.75, 3.05) is 38.7 Å². The lowest BCUT2D eigenvalue weighted by molar-refractivity contribution is 0.0948. The average molecular weight is 776 g/mol. The van der Waals surface area contributed by atoms with Gasteiger partial charge in [0.1, 0.15) is 13.2 Å². The van der Waals surface area contributed by atoms with Crippen molar-refractivity contribution in [2.45, 2.75) is 51.4 Å². The van der Waals surface area contributed by atoms with Crippen molar-refractivity contribution in [1.82, 2.24) is 15.5 Å². The van der Waals surface area contributed by atoms with Gasteiger partial charge in [-0.3, -0.25) is 9.88 Å². The summed E-state index contributed by atoms with van der Waals surface area (Å²) in [4.78, 5) is 27.2. The van der Waals surface area contributed by atoms with Gasteiger partial charge in [0.25, 0.3) is 0 Å². The number of hydrogen-bond donors (Lipinski definition) is 2. The smallest absolute Gasteiger partial charge is 0.410 e. The fourth-order valence-corrected chi connectivity index (χ4v) is 8.72. The van der Waals surface area contributed by atoms with Gasteiger partial charge in [-0.25, -0.2) is 9.59 Å². The van der Waals surface area contributed by atoms with E-state index in [-0.39, 0.29) is 19.5 Å². The zero-order chi connectivity index (χ0) is 39.3. The predicted molar refractivity (Wildman–Crippen MR) is 223 cm³/mol. The molecule has 294 valence electrons. The van der Waals surface area contributed by atoms with Crippen LogP contribution in [0.2, 0.25) is 0 Å². The molecule has 0 heterocycles. The minimum atomic E-state index is -3.18. The van der Waals surface area contributed by atoms with E-state index in [9.17, 15) is 14.2 Å². The maximum absolute atomic E-state index is 14.6. The third-order valence-electron chi connectivity index (χ3n) is 9.55. The summed E-state index contributed by atoms with van der Waals surface area (Å²) in [6, 6.07) is 49.8. The van der Waals surface area contributed by atoms with Crippen molar-refractivity contribution in [2.24, 2.45) is 0 Å². The Morgan fingerprint density at radius 3 is 1.54 bits per heavy atom. The second-order valence-corrected chi connectivity index (χ2v) is 16.2. The highest BCUT2D eigenvalue weighted by atomic mass is 31.2. The molecular weight excluding hydrogens is 721 g/mol. The summed E-state index contributed by atoms with van der Waals surface area (Å²) < 4.78 is 31.7. The number of benzene rings is 5. The van der Waals surface area contributed by atoms with Gasteiger partial charge in [-0.1, -0.05) is 152 Å². The first kappa shape index (κ1) is 41.9. The number of amides is 2. The molecule has 0 bridgehead atoms. The van der Waals surface area contributed by atoms with Gasteiger partial charge in [-0.15, -0.1) is 0 Å². The van der Waals surface area contributed by atoms with Crippen molar-refractivity contribution >= 4 is 19.6 Å². The van der Waals surface area contributed by atoms with Gasteiger partial charge in [-0.2, -0.15) is 0 Å². The van der Waals surface area contributed by atoms with Crippen LogP contribution in [0.15, 0.2) is 152 Å². The summed E-state index contributed by atoms with van der Waals surface area (Å²) in [7, 11) is -3.18. The molecule has 1 unspecified atom stereocenters. The molecule has 10 heteroatoms. The van der Waals surface area contributed by atoms with E-state index in [1.54, 1.807) is 4.90 Å². The van der Waals surface area contributed by atoms with Crippen LogP contribution in [0.1, 0.15) is 60.4 Å². The number of carbonyl (C=O) groups is 2. The van der Waals surface area contributed by atoms with Gasteiger partial charge in [0.15, 0.2) is 0 Å². The number of hydrogen-bond acceptors (Lipinski definition) is 7. The Morgan fingerprint density at radius 1 is 0.607 bits per heavy atom. The minimum Gasteiger partial charge on any atom is -0.445 e. The van der Waals surface area contributed by atoms with Crippen LogP contribution in [0.5, 0.6) is 0 Å². The van der Waals surface area contributed by atoms with Gasteiger partial charge in [0.2, 0.25) is 7.37 Å². The lowest BCUT2D eigenvalue weighted by atomic mass is 9.77. The van der Waals surface area contributed by atoms with Crippen LogP contribution in [0, 0.1) is 0 Å². The predicted octanol–water partition coefficient (Wildman–Crippen LogP) is 9.97. The van der Waals surface area contributed by atoms with Gasteiger partial charge in [0.05, 0.1) is 18.4 Å². The van der Waals surface area contributed by atoms with Crippen molar-refractivity contribution in [3.63, 3.8) is 0 Å². The van der Waals surface area contributed by atoms with Gasteiger partial charge >= 0.3 is 12.2 Å². The van der Waals surface area contributed by atoms with E-state index in [4.69, 9.17) is 14.0 Å².